The van der Waals surface area contributed by atoms with Gasteiger partial charge in [-0.25, -0.2) is 0 Å². The van der Waals surface area contributed by atoms with Crippen LogP contribution in [0.15, 0.2) is 54.5 Å². The number of benzene rings is 1. The molecule has 1 atom stereocenters. The van der Waals surface area contributed by atoms with Crippen LogP contribution >= 0.6 is 11.8 Å². The Balaban J connectivity index is 2.40. The molecule has 0 spiro atoms. The van der Waals surface area contributed by atoms with Gasteiger partial charge in [-0.1, -0.05) is 30.4 Å². The zero-order valence-corrected chi connectivity index (χ0v) is 10.4. The van der Waals surface area contributed by atoms with Crippen molar-refractivity contribution in [3.63, 3.8) is 0 Å². The molecule has 0 amide bonds. The average molecular weight is 230 g/mol. The van der Waals surface area contributed by atoms with Crippen molar-refractivity contribution in [1.29, 1.82) is 0 Å². The number of rotatable bonds is 4. The Morgan fingerprint density at radius 2 is 2.12 bits per heavy atom. The molecule has 1 heteroatoms. The fraction of sp³-hybridized carbons (Fsp3) is 0.333. The number of fused-ring (bicyclic) bond motifs is 1. The lowest BCUT2D eigenvalue weighted by Gasteiger charge is -2.36. The van der Waals surface area contributed by atoms with Crippen molar-refractivity contribution in [3.05, 3.63) is 55.1 Å². The summed E-state index contributed by atoms with van der Waals surface area (Å²) in [5.74, 6) is 1.19. The summed E-state index contributed by atoms with van der Waals surface area (Å²) >= 11 is 1.97. The van der Waals surface area contributed by atoms with Crippen LogP contribution in [-0.2, 0) is 5.41 Å². The van der Waals surface area contributed by atoms with E-state index in [-0.39, 0.29) is 5.41 Å². The Morgan fingerprint density at radius 1 is 1.31 bits per heavy atom. The Kier molecular flexibility index (Phi) is 3.55. The van der Waals surface area contributed by atoms with E-state index in [4.69, 9.17) is 0 Å². The van der Waals surface area contributed by atoms with Crippen LogP contribution in [0.2, 0.25) is 0 Å². The molecule has 0 aliphatic carbocycles. The largest absolute Gasteiger partial charge is 0.126 e. The minimum Gasteiger partial charge on any atom is -0.126 e. The van der Waals surface area contributed by atoms with Gasteiger partial charge in [0.15, 0.2) is 0 Å². The molecule has 0 saturated carbocycles. The van der Waals surface area contributed by atoms with Crippen molar-refractivity contribution in [2.24, 2.45) is 0 Å². The Morgan fingerprint density at radius 3 is 2.88 bits per heavy atom. The molecule has 0 N–H and O–H groups in total. The molecule has 0 unspecified atom stereocenters. The second-order valence-corrected chi connectivity index (χ2v) is 5.42. The third kappa shape index (κ3) is 1.97. The van der Waals surface area contributed by atoms with Crippen molar-refractivity contribution < 1.29 is 0 Å². The van der Waals surface area contributed by atoms with E-state index in [1.54, 1.807) is 0 Å². The topological polar surface area (TPSA) is 0 Å². The van der Waals surface area contributed by atoms with Gasteiger partial charge in [0.05, 0.1) is 0 Å². The van der Waals surface area contributed by atoms with E-state index < -0.39 is 0 Å². The van der Waals surface area contributed by atoms with Crippen molar-refractivity contribution in [3.8, 4) is 0 Å². The van der Waals surface area contributed by atoms with Crippen molar-refractivity contribution in [1.82, 2.24) is 0 Å². The Labute approximate surface area is 102 Å². The van der Waals surface area contributed by atoms with Crippen LogP contribution in [0.25, 0.3) is 0 Å². The van der Waals surface area contributed by atoms with Gasteiger partial charge in [-0.05, 0) is 36.6 Å². The maximum Gasteiger partial charge on any atom is 0.0151 e. The standard InChI is InChI=1S/C15H18S/c1-3-5-10-15(4-2)11-12-16-14-9-7-6-8-13(14)15/h3-4,6-9H,1-2,5,10-12H2/t15-/m0/s1. The Hall–Kier alpha value is -0.950. The lowest BCUT2D eigenvalue weighted by Crippen LogP contribution is -2.27. The second kappa shape index (κ2) is 4.92. The van der Waals surface area contributed by atoms with E-state index in [1.165, 1.54) is 22.6 Å². The number of allylic oxidation sites excluding steroid dienone is 2. The molecule has 1 heterocycles. The third-order valence-corrected chi connectivity index (χ3v) is 4.49. The van der Waals surface area contributed by atoms with E-state index in [9.17, 15) is 0 Å². The van der Waals surface area contributed by atoms with Gasteiger partial charge in [-0.2, -0.15) is 0 Å². The monoisotopic (exact) mass is 230 g/mol. The van der Waals surface area contributed by atoms with Gasteiger partial charge in [0, 0.05) is 10.3 Å². The normalized spacial score (nSPS) is 23.5. The van der Waals surface area contributed by atoms with E-state index in [0.717, 1.165) is 12.8 Å². The summed E-state index contributed by atoms with van der Waals surface area (Å²) in [5.41, 5.74) is 1.64. The highest BCUT2D eigenvalue weighted by atomic mass is 32.2. The van der Waals surface area contributed by atoms with Gasteiger partial charge >= 0.3 is 0 Å². The number of hydrogen-bond donors (Lipinski definition) is 0. The molecule has 1 aromatic rings. The number of thioether (sulfide) groups is 1. The van der Waals surface area contributed by atoms with Crippen LogP contribution < -0.4 is 0 Å². The SMILES string of the molecule is C=CCC[C@@]1(C=C)CCSc2ccccc21. The summed E-state index contributed by atoms with van der Waals surface area (Å²) in [6.07, 6.45) is 7.55. The predicted octanol–water partition coefficient (Wildman–Crippen LogP) is 4.57. The van der Waals surface area contributed by atoms with Gasteiger partial charge < -0.3 is 0 Å². The molecule has 84 valence electrons. The molecule has 2 rings (SSSR count). The van der Waals surface area contributed by atoms with Crippen LogP contribution in [0.5, 0.6) is 0 Å². The lowest BCUT2D eigenvalue weighted by atomic mass is 9.74. The van der Waals surface area contributed by atoms with Crippen molar-refractivity contribution >= 4 is 11.8 Å². The third-order valence-electron chi connectivity index (χ3n) is 3.41. The van der Waals surface area contributed by atoms with Crippen LogP contribution in [0.3, 0.4) is 0 Å². The summed E-state index contributed by atoms with van der Waals surface area (Å²) in [5, 5.41) is 0. The summed E-state index contributed by atoms with van der Waals surface area (Å²) in [7, 11) is 0. The average Bonchev–Trinajstić information content (AvgIpc) is 2.36. The van der Waals surface area contributed by atoms with Gasteiger partial charge in [-0.15, -0.1) is 24.9 Å². The maximum absolute atomic E-state index is 4.06. The highest BCUT2D eigenvalue weighted by Gasteiger charge is 2.32. The van der Waals surface area contributed by atoms with Gasteiger partial charge in [0.2, 0.25) is 0 Å². The first-order valence-corrected chi connectivity index (χ1v) is 6.78. The fourth-order valence-electron chi connectivity index (χ4n) is 2.41. The summed E-state index contributed by atoms with van der Waals surface area (Å²) < 4.78 is 0. The van der Waals surface area contributed by atoms with E-state index in [0.29, 0.717) is 0 Å². The van der Waals surface area contributed by atoms with Crippen LogP contribution in [0, 0.1) is 0 Å². The first kappa shape index (κ1) is 11.5. The quantitative estimate of drug-likeness (QED) is 0.683. The molecule has 1 aromatic carbocycles. The van der Waals surface area contributed by atoms with E-state index >= 15 is 0 Å². The van der Waals surface area contributed by atoms with E-state index in [1.807, 2.05) is 17.8 Å². The van der Waals surface area contributed by atoms with E-state index in [2.05, 4.69) is 43.5 Å². The van der Waals surface area contributed by atoms with Crippen LogP contribution in [0.4, 0.5) is 0 Å². The van der Waals surface area contributed by atoms with Crippen molar-refractivity contribution in [2.75, 3.05) is 5.75 Å². The summed E-state index contributed by atoms with van der Waals surface area (Å²) in [4.78, 5) is 1.43. The Bertz CT molecular complexity index is 394. The van der Waals surface area contributed by atoms with Gasteiger partial charge in [0.25, 0.3) is 0 Å². The molecule has 0 aromatic heterocycles. The van der Waals surface area contributed by atoms with Gasteiger partial charge in [0.1, 0.15) is 0 Å². The molecular weight excluding hydrogens is 212 g/mol. The van der Waals surface area contributed by atoms with Crippen molar-refractivity contribution in [2.45, 2.75) is 29.6 Å². The smallest absolute Gasteiger partial charge is 0.0151 e. The summed E-state index contributed by atoms with van der Waals surface area (Å²) in [6.45, 7) is 7.89. The van der Waals surface area contributed by atoms with Crippen LogP contribution in [-0.4, -0.2) is 5.75 Å². The number of hydrogen-bond acceptors (Lipinski definition) is 1. The minimum atomic E-state index is 0.177. The zero-order chi connectivity index (χ0) is 11.4. The molecular formula is C15H18S. The maximum atomic E-state index is 4.06. The first-order chi connectivity index (χ1) is 7.82. The highest BCUT2D eigenvalue weighted by molar-refractivity contribution is 7.99. The molecule has 0 nitrogen and oxygen atoms in total. The molecule has 1 aliphatic rings. The van der Waals surface area contributed by atoms with Crippen LogP contribution in [0.1, 0.15) is 24.8 Å². The molecule has 0 radical (unpaired) electrons. The first-order valence-electron chi connectivity index (χ1n) is 5.79. The molecule has 0 fully saturated rings. The zero-order valence-electron chi connectivity index (χ0n) is 9.61. The molecule has 16 heavy (non-hydrogen) atoms. The summed E-state index contributed by atoms with van der Waals surface area (Å²) in [6, 6.07) is 8.74. The second-order valence-electron chi connectivity index (χ2n) is 4.28. The highest BCUT2D eigenvalue weighted by Crippen LogP contribution is 2.45. The molecule has 1 aliphatic heterocycles. The fourth-order valence-corrected chi connectivity index (χ4v) is 3.70. The minimum absolute atomic E-state index is 0.177. The molecule has 0 bridgehead atoms. The van der Waals surface area contributed by atoms with Gasteiger partial charge in [-0.3, -0.25) is 0 Å². The molecule has 0 saturated heterocycles. The predicted molar refractivity (Wildman–Crippen MR) is 73.1 cm³/mol. The lowest BCUT2D eigenvalue weighted by molar-refractivity contribution is 0.469.